The van der Waals surface area contributed by atoms with E-state index in [9.17, 15) is 0 Å². The van der Waals surface area contributed by atoms with Crippen molar-refractivity contribution in [3.8, 4) is 0 Å². The van der Waals surface area contributed by atoms with Gasteiger partial charge in [0, 0.05) is 13.1 Å². The molecule has 0 aliphatic carbocycles. The van der Waals surface area contributed by atoms with Gasteiger partial charge in [-0.2, -0.15) is 0 Å². The van der Waals surface area contributed by atoms with Crippen LogP contribution in [0.25, 0.3) is 0 Å². The Balaban J connectivity index is 2.57. The molecule has 0 saturated carbocycles. The third kappa shape index (κ3) is 5.33. The van der Waals surface area contributed by atoms with Gasteiger partial charge in [-0.05, 0) is 44.1 Å². The standard InChI is InChI=1S/C15H26N2/c1-4-10-16-12-14-8-6-7-9-15(14)13-17(3)11-5-2/h6-9,16H,4-5,10-13H2,1-3H3. The second-order valence-electron chi connectivity index (χ2n) is 4.68. The first-order chi connectivity index (χ1) is 8.27. The summed E-state index contributed by atoms with van der Waals surface area (Å²) in [6.07, 6.45) is 2.41. The molecule has 0 aromatic heterocycles. The molecule has 0 unspecified atom stereocenters. The quantitative estimate of drug-likeness (QED) is 0.696. The van der Waals surface area contributed by atoms with E-state index in [4.69, 9.17) is 0 Å². The van der Waals surface area contributed by atoms with Crippen LogP contribution in [0.4, 0.5) is 0 Å². The molecule has 0 heterocycles. The van der Waals surface area contributed by atoms with Gasteiger partial charge in [-0.25, -0.2) is 0 Å². The summed E-state index contributed by atoms with van der Waals surface area (Å²) in [5, 5.41) is 3.48. The Kier molecular flexibility index (Phi) is 6.90. The molecular formula is C15H26N2. The summed E-state index contributed by atoms with van der Waals surface area (Å²) in [6.45, 7) is 8.73. The summed E-state index contributed by atoms with van der Waals surface area (Å²) >= 11 is 0. The molecule has 0 radical (unpaired) electrons. The highest BCUT2D eigenvalue weighted by Gasteiger charge is 2.04. The molecule has 0 aliphatic rings. The van der Waals surface area contributed by atoms with E-state index in [1.54, 1.807) is 0 Å². The van der Waals surface area contributed by atoms with Crippen LogP contribution in [0.3, 0.4) is 0 Å². The maximum atomic E-state index is 3.48. The molecule has 0 spiro atoms. The first-order valence-electron chi connectivity index (χ1n) is 6.74. The van der Waals surface area contributed by atoms with Crippen molar-refractivity contribution in [3.63, 3.8) is 0 Å². The monoisotopic (exact) mass is 234 g/mol. The van der Waals surface area contributed by atoms with E-state index in [1.807, 2.05) is 0 Å². The Morgan fingerprint density at radius 1 is 1.06 bits per heavy atom. The van der Waals surface area contributed by atoms with Crippen molar-refractivity contribution in [1.29, 1.82) is 0 Å². The van der Waals surface area contributed by atoms with E-state index >= 15 is 0 Å². The van der Waals surface area contributed by atoms with Crippen LogP contribution >= 0.6 is 0 Å². The van der Waals surface area contributed by atoms with E-state index < -0.39 is 0 Å². The molecule has 17 heavy (non-hydrogen) atoms. The predicted octanol–water partition coefficient (Wildman–Crippen LogP) is 3.03. The van der Waals surface area contributed by atoms with E-state index in [-0.39, 0.29) is 0 Å². The number of benzene rings is 1. The van der Waals surface area contributed by atoms with Crippen molar-refractivity contribution in [2.45, 2.75) is 39.8 Å². The van der Waals surface area contributed by atoms with Crippen molar-refractivity contribution >= 4 is 0 Å². The van der Waals surface area contributed by atoms with Crippen LogP contribution < -0.4 is 5.32 Å². The first kappa shape index (κ1) is 14.2. The van der Waals surface area contributed by atoms with Crippen molar-refractivity contribution in [2.75, 3.05) is 20.1 Å². The molecule has 1 aromatic rings. The van der Waals surface area contributed by atoms with Gasteiger partial charge in [-0.1, -0.05) is 38.1 Å². The third-order valence-corrected chi connectivity index (χ3v) is 2.91. The highest BCUT2D eigenvalue weighted by Crippen LogP contribution is 2.11. The fourth-order valence-electron chi connectivity index (χ4n) is 2.04. The Morgan fingerprint density at radius 2 is 1.76 bits per heavy atom. The molecule has 0 saturated heterocycles. The van der Waals surface area contributed by atoms with Crippen LogP contribution in [0.15, 0.2) is 24.3 Å². The number of nitrogens with one attached hydrogen (secondary N) is 1. The molecule has 96 valence electrons. The fraction of sp³-hybridized carbons (Fsp3) is 0.600. The van der Waals surface area contributed by atoms with Crippen molar-refractivity contribution in [2.24, 2.45) is 0 Å². The van der Waals surface area contributed by atoms with Gasteiger partial charge in [-0.3, -0.25) is 0 Å². The Labute approximate surface area is 106 Å². The zero-order chi connectivity index (χ0) is 12.5. The molecule has 0 bridgehead atoms. The first-order valence-corrected chi connectivity index (χ1v) is 6.74. The van der Waals surface area contributed by atoms with Gasteiger partial charge in [0.15, 0.2) is 0 Å². The zero-order valence-corrected chi connectivity index (χ0v) is 11.5. The minimum atomic E-state index is 0.990. The lowest BCUT2D eigenvalue weighted by Crippen LogP contribution is -2.21. The number of hydrogen-bond donors (Lipinski definition) is 1. The molecule has 2 heteroatoms. The molecule has 0 fully saturated rings. The largest absolute Gasteiger partial charge is 0.313 e. The summed E-state index contributed by atoms with van der Waals surface area (Å²) in [6, 6.07) is 8.75. The summed E-state index contributed by atoms with van der Waals surface area (Å²) in [5.74, 6) is 0. The van der Waals surface area contributed by atoms with Crippen molar-refractivity contribution in [1.82, 2.24) is 10.2 Å². The second-order valence-corrected chi connectivity index (χ2v) is 4.68. The molecule has 0 aliphatic heterocycles. The minimum absolute atomic E-state index is 0.990. The maximum absolute atomic E-state index is 3.48. The second kappa shape index (κ2) is 8.26. The Bertz CT molecular complexity index is 310. The Morgan fingerprint density at radius 3 is 2.41 bits per heavy atom. The van der Waals surface area contributed by atoms with E-state index in [0.29, 0.717) is 0 Å². The highest BCUT2D eigenvalue weighted by molar-refractivity contribution is 5.26. The minimum Gasteiger partial charge on any atom is -0.313 e. The summed E-state index contributed by atoms with van der Waals surface area (Å²) in [7, 11) is 2.19. The molecule has 1 N–H and O–H groups in total. The van der Waals surface area contributed by atoms with Gasteiger partial charge in [0.2, 0.25) is 0 Å². The normalized spacial score (nSPS) is 11.1. The van der Waals surface area contributed by atoms with Crippen LogP contribution in [0, 0.1) is 0 Å². The summed E-state index contributed by atoms with van der Waals surface area (Å²) in [4.78, 5) is 2.39. The van der Waals surface area contributed by atoms with E-state index in [0.717, 1.165) is 26.2 Å². The molecular weight excluding hydrogens is 208 g/mol. The average Bonchev–Trinajstić information content (AvgIpc) is 2.32. The summed E-state index contributed by atoms with van der Waals surface area (Å²) in [5.41, 5.74) is 2.89. The Hall–Kier alpha value is -0.860. The smallest absolute Gasteiger partial charge is 0.0233 e. The topological polar surface area (TPSA) is 15.3 Å². The van der Waals surface area contributed by atoms with Gasteiger partial charge in [0.05, 0.1) is 0 Å². The lowest BCUT2D eigenvalue weighted by molar-refractivity contribution is 0.326. The van der Waals surface area contributed by atoms with Crippen molar-refractivity contribution < 1.29 is 0 Å². The number of hydrogen-bond acceptors (Lipinski definition) is 2. The van der Waals surface area contributed by atoms with Crippen molar-refractivity contribution in [3.05, 3.63) is 35.4 Å². The lowest BCUT2D eigenvalue weighted by Gasteiger charge is -2.18. The zero-order valence-electron chi connectivity index (χ0n) is 11.5. The third-order valence-electron chi connectivity index (χ3n) is 2.91. The van der Waals surface area contributed by atoms with Gasteiger partial charge in [0.25, 0.3) is 0 Å². The number of nitrogens with zero attached hydrogens (tertiary/aromatic N) is 1. The molecule has 0 amide bonds. The van der Waals surface area contributed by atoms with Crippen LogP contribution in [-0.2, 0) is 13.1 Å². The predicted molar refractivity (Wildman–Crippen MR) is 75.1 cm³/mol. The highest BCUT2D eigenvalue weighted by atomic mass is 15.1. The molecule has 0 atom stereocenters. The van der Waals surface area contributed by atoms with Gasteiger partial charge in [-0.15, -0.1) is 0 Å². The van der Waals surface area contributed by atoms with E-state index in [1.165, 1.54) is 24.0 Å². The van der Waals surface area contributed by atoms with Crippen LogP contribution in [0.5, 0.6) is 0 Å². The van der Waals surface area contributed by atoms with Gasteiger partial charge in [0.1, 0.15) is 0 Å². The van der Waals surface area contributed by atoms with Gasteiger partial charge >= 0.3 is 0 Å². The molecule has 1 aromatic carbocycles. The van der Waals surface area contributed by atoms with Crippen LogP contribution in [0.1, 0.15) is 37.8 Å². The van der Waals surface area contributed by atoms with Crippen LogP contribution in [-0.4, -0.2) is 25.0 Å². The summed E-state index contributed by atoms with van der Waals surface area (Å²) < 4.78 is 0. The molecule has 1 rings (SSSR count). The van der Waals surface area contributed by atoms with Crippen LogP contribution in [0.2, 0.25) is 0 Å². The lowest BCUT2D eigenvalue weighted by atomic mass is 10.1. The number of rotatable bonds is 8. The molecule has 2 nitrogen and oxygen atoms in total. The van der Waals surface area contributed by atoms with E-state index in [2.05, 4.69) is 55.4 Å². The maximum Gasteiger partial charge on any atom is 0.0233 e. The fourth-order valence-corrected chi connectivity index (χ4v) is 2.04. The SMILES string of the molecule is CCCNCc1ccccc1CN(C)CCC. The van der Waals surface area contributed by atoms with Gasteiger partial charge < -0.3 is 10.2 Å². The average molecular weight is 234 g/mol.